The molecule has 1 aromatic heterocycles. The van der Waals surface area contributed by atoms with Gasteiger partial charge in [0.2, 0.25) is 0 Å². The van der Waals surface area contributed by atoms with Crippen molar-refractivity contribution < 1.29 is 8.81 Å². The predicted molar refractivity (Wildman–Crippen MR) is 82.0 cm³/mol. The average molecular weight is 290 g/mol. The van der Waals surface area contributed by atoms with Crippen LogP contribution in [0.3, 0.4) is 0 Å². The number of fused-ring (bicyclic) bond motifs is 1. The Morgan fingerprint density at radius 3 is 3.00 bits per heavy atom. The third-order valence-electron chi connectivity index (χ3n) is 4.87. The van der Waals surface area contributed by atoms with E-state index in [1.54, 1.807) is 6.07 Å². The molecular weight excluding hydrogens is 267 g/mol. The molecule has 1 fully saturated rings. The molecular formula is C17H23FN2O. The van der Waals surface area contributed by atoms with Crippen LogP contribution in [0.2, 0.25) is 0 Å². The van der Waals surface area contributed by atoms with E-state index >= 15 is 0 Å². The van der Waals surface area contributed by atoms with E-state index < -0.39 is 0 Å². The van der Waals surface area contributed by atoms with Gasteiger partial charge in [0, 0.05) is 5.39 Å². The van der Waals surface area contributed by atoms with Crippen LogP contribution < -0.4 is 11.3 Å². The van der Waals surface area contributed by atoms with Crippen LogP contribution in [0.5, 0.6) is 0 Å². The minimum Gasteiger partial charge on any atom is -0.456 e. The van der Waals surface area contributed by atoms with Gasteiger partial charge in [-0.05, 0) is 36.8 Å². The van der Waals surface area contributed by atoms with E-state index in [0.717, 1.165) is 29.9 Å². The van der Waals surface area contributed by atoms with E-state index in [-0.39, 0.29) is 11.9 Å². The molecule has 1 saturated carbocycles. The standard InChI is InChI=1S/C17H23FN2O/c1-2-11-5-3-6-12(9-11)16(20-19)15-10-13-7-4-8-14(18)17(13)21-15/h4,7-8,10-12,16,20H,2-3,5-6,9,19H2,1H3. The van der Waals surface area contributed by atoms with E-state index in [1.165, 1.54) is 25.3 Å². The summed E-state index contributed by atoms with van der Waals surface area (Å²) in [6.45, 7) is 2.24. The van der Waals surface area contributed by atoms with Gasteiger partial charge in [0.05, 0.1) is 6.04 Å². The molecule has 4 heteroatoms. The van der Waals surface area contributed by atoms with Gasteiger partial charge in [0.15, 0.2) is 11.4 Å². The average Bonchev–Trinajstić information content (AvgIpc) is 2.93. The molecule has 0 aliphatic heterocycles. The van der Waals surface area contributed by atoms with Gasteiger partial charge in [-0.3, -0.25) is 5.84 Å². The summed E-state index contributed by atoms with van der Waals surface area (Å²) >= 11 is 0. The van der Waals surface area contributed by atoms with Crippen molar-refractivity contribution in [2.45, 2.75) is 45.1 Å². The summed E-state index contributed by atoms with van der Waals surface area (Å²) in [7, 11) is 0. The van der Waals surface area contributed by atoms with Crippen LogP contribution in [0.1, 0.15) is 50.8 Å². The van der Waals surface area contributed by atoms with Gasteiger partial charge >= 0.3 is 0 Å². The molecule has 0 radical (unpaired) electrons. The first-order valence-corrected chi connectivity index (χ1v) is 7.87. The van der Waals surface area contributed by atoms with Gasteiger partial charge in [-0.25, -0.2) is 9.82 Å². The Morgan fingerprint density at radius 2 is 2.29 bits per heavy atom. The van der Waals surface area contributed by atoms with Crippen molar-refractivity contribution in [2.24, 2.45) is 17.7 Å². The highest BCUT2D eigenvalue weighted by atomic mass is 19.1. The quantitative estimate of drug-likeness (QED) is 0.652. The van der Waals surface area contributed by atoms with Crippen LogP contribution in [-0.2, 0) is 0 Å². The van der Waals surface area contributed by atoms with Crippen molar-refractivity contribution in [3.63, 3.8) is 0 Å². The fourth-order valence-corrected chi connectivity index (χ4v) is 3.66. The van der Waals surface area contributed by atoms with Crippen LogP contribution in [0.15, 0.2) is 28.7 Å². The Labute approximate surface area is 124 Å². The second kappa shape index (κ2) is 6.16. The lowest BCUT2D eigenvalue weighted by Gasteiger charge is -2.33. The van der Waals surface area contributed by atoms with Crippen molar-refractivity contribution in [1.82, 2.24) is 5.43 Å². The summed E-state index contributed by atoms with van der Waals surface area (Å²) in [5.41, 5.74) is 3.23. The maximum Gasteiger partial charge on any atom is 0.169 e. The Morgan fingerprint density at radius 1 is 1.43 bits per heavy atom. The molecule has 1 aliphatic carbocycles. The Bertz CT molecular complexity index is 610. The molecule has 1 aromatic carbocycles. The topological polar surface area (TPSA) is 51.2 Å². The number of halogens is 1. The second-order valence-corrected chi connectivity index (χ2v) is 6.15. The van der Waals surface area contributed by atoms with E-state index in [4.69, 9.17) is 10.3 Å². The van der Waals surface area contributed by atoms with Gasteiger partial charge in [0.1, 0.15) is 5.76 Å². The van der Waals surface area contributed by atoms with Crippen molar-refractivity contribution in [3.05, 3.63) is 35.8 Å². The molecule has 1 heterocycles. The molecule has 114 valence electrons. The first kappa shape index (κ1) is 14.5. The molecule has 0 amide bonds. The number of hydrazine groups is 1. The molecule has 0 spiro atoms. The first-order valence-electron chi connectivity index (χ1n) is 7.87. The van der Waals surface area contributed by atoms with Gasteiger partial charge in [-0.1, -0.05) is 38.3 Å². The Kier molecular flexibility index (Phi) is 4.27. The van der Waals surface area contributed by atoms with Crippen molar-refractivity contribution in [1.29, 1.82) is 0 Å². The highest BCUT2D eigenvalue weighted by molar-refractivity contribution is 5.78. The SMILES string of the molecule is CCC1CCCC(C(NN)c2cc3cccc(F)c3o2)C1. The summed E-state index contributed by atoms with van der Waals surface area (Å²) in [4.78, 5) is 0. The number of rotatable bonds is 4. The number of benzene rings is 1. The number of nitrogens with two attached hydrogens (primary N) is 1. The molecule has 3 atom stereocenters. The largest absolute Gasteiger partial charge is 0.456 e. The molecule has 0 bridgehead atoms. The summed E-state index contributed by atoms with van der Waals surface area (Å²) in [6.07, 6.45) is 6.05. The lowest BCUT2D eigenvalue weighted by Crippen LogP contribution is -2.35. The zero-order valence-electron chi connectivity index (χ0n) is 12.4. The van der Waals surface area contributed by atoms with E-state index in [1.807, 2.05) is 12.1 Å². The zero-order chi connectivity index (χ0) is 14.8. The molecule has 2 aromatic rings. The number of furan rings is 1. The minimum atomic E-state index is -0.315. The highest BCUT2D eigenvalue weighted by Crippen LogP contribution is 2.39. The molecule has 1 aliphatic rings. The van der Waals surface area contributed by atoms with Crippen LogP contribution >= 0.6 is 0 Å². The van der Waals surface area contributed by atoms with Crippen LogP contribution in [0.4, 0.5) is 4.39 Å². The molecule has 21 heavy (non-hydrogen) atoms. The fraction of sp³-hybridized carbons (Fsp3) is 0.529. The number of hydrogen-bond donors (Lipinski definition) is 2. The molecule has 3 rings (SSSR count). The second-order valence-electron chi connectivity index (χ2n) is 6.15. The number of hydrogen-bond acceptors (Lipinski definition) is 3. The van der Waals surface area contributed by atoms with Crippen LogP contribution in [-0.4, -0.2) is 0 Å². The van der Waals surface area contributed by atoms with Gasteiger partial charge in [0.25, 0.3) is 0 Å². The Hall–Kier alpha value is -1.39. The number of para-hydroxylation sites is 1. The highest BCUT2D eigenvalue weighted by Gasteiger charge is 2.30. The maximum atomic E-state index is 13.8. The number of nitrogens with one attached hydrogen (secondary N) is 1. The smallest absolute Gasteiger partial charge is 0.169 e. The van der Waals surface area contributed by atoms with E-state index in [9.17, 15) is 4.39 Å². The summed E-state index contributed by atoms with van der Waals surface area (Å²) in [6, 6.07) is 6.88. The minimum absolute atomic E-state index is 0.0360. The zero-order valence-corrected chi connectivity index (χ0v) is 12.4. The van der Waals surface area contributed by atoms with E-state index in [2.05, 4.69) is 12.3 Å². The molecule has 3 nitrogen and oxygen atoms in total. The molecule has 0 saturated heterocycles. The normalized spacial score (nSPS) is 24.3. The van der Waals surface area contributed by atoms with Gasteiger partial charge < -0.3 is 4.42 Å². The predicted octanol–water partition coefficient (Wildman–Crippen LogP) is 4.29. The lowest BCUT2D eigenvalue weighted by atomic mass is 9.76. The van der Waals surface area contributed by atoms with Gasteiger partial charge in [-0.2, -0.15) is 0 Å². The molecule has 3 N–H and O–H groups in total. The summed E-state index contributed by atoms with van der Waals surface area (Å²) < 4.78 is 19.5. The molecule has 3 unspecified atom stereocenters. The monoisotopic (exact) mass is 290 g/mol. The Balaban J connectivity index is 1.89. The summed E-state index contributed by atoms with van der Waals surface area (Å²) in [5.74, 6) is 7.43. The van der Waals surface area contributed by atoms with Crippen LogP contribution in [0, 0.1) is 17.7 Å². The first-order chi connectivity index (χ1) is 10.2. The third kappa shape index (κ3) is 2.83. The van der Waals surface area contributed by atoms with Crippen LogP contribution in [0.25, 0.3) is 11.0 Å². The maximum absolute atomic E-state index is 13.8. The van der Waals surface area contributed by atoms with Gasteiger partial charge in [-0.15, -0.1) is 0 Å². The van der Waals surface area contributed by atoms with E-state index in [0.29, 0.717) is 11.5 Å². The third-order valence-corrected chi connectivity index (χ3v) is 4.87. The lowest BCUT2D eigenvalue weighted by molar-refractivity contribution is 0.195. The van der Waals surface area contributed by atoms with Crippen molar-refractivity contribution >= 4 is 11.0 Å². The van der Waals surface area contributed by atoms with Crippen molar-refractivity contribution in [3.8, 4) is 0 Å². The van der Waals surface area contributed by atoms with Crippen molar-refractivity contribution in [2.75, 3.05) is 0 Å². The summed E-state index contributed by atoms with van der Waals surface area (Å²) in [5, 5.41) is 0.799. The fourth-order valence-electron chi connectivity index (χ4n) is 3.66.